The molecule has 2 bridgehead atoms. The summed E-state index contributed by atoms with van der Waals surface area (Å²) in [7, 11) is 1.77. The first-order chi connectivity index (χ1) is 53.0. The lowest BCUT2D eigenvalue weighted by atomic mass is 9.88. The van der Waals surface area contributed by atoms with Gasteiger partial charge in [-0.05, 0) is 148 Å². The SMILES string of the molecule is C[C@@H](O)[C@@H]1NC(=O)[C@@H]2CCC(=O)NCCCC[C@@H](C(=O)C[C@@H](Cc3ccc(O)cc3)C(N)=O)NC(=O)[C@H](CCC(N)=O)CC(=O)[C@H](Cc3ccc(O)c(I)c3)NC(=O)[C@H](CCCNC(N)=O)CC(=O)[C@H](CSSC[C@H](NC(=O)CN)C(=O)C2)NC(=O)[C@H](CCCN=C(N)N)CC(=O)[C@@H]2CCCN2C(=O)[C@H](CC(=O)O)CC1=O. The molecule has 39 heteroatoms. The zero-order chi connectivity index (χ0) is 82.9. The first-order valence-electron chi connectivity index (χ1n) is 37.0. The van der Waals surface area contributed by atoms with E-state index in [1.54, 1.807) is 0 Å². The monoisotopic (exact) mass is 1720 g/mol. The van der Waals surface area contributed by atoms with Gasteiger partial charge in [0.15, 0.2) is 40.7 Å². The Labute approximate surface area is 668 Å². The lowest BCUT2D eigenvalue weighted by Crippen LogP contribution is -2.52. The highest BCUT2D eigenvalue weighted by atomic mass is 127. The Balaban J connectivity index is 1.74. The maximum absolute atomic E-state index is 15.4. The van der Waals surface area contributed by atoms with Crippen molar-refractivity contribution in [1.29, 1.82) is 0 Å². The number of ketones is 6. The number of aliphatic carboxylic acids is 1. The van der Waals surface area contributed by atoms with E-state index >= 15 is 19.2 Å². The average molecular weight is 1720 g/mol. The van der Waals surface area contributed by atoms with Crippen molar-refractivity contribution >= 4 is 150 Å². The van der Waals surface area contributed by atoms with E-state index in [1.807, 2.05) is 22.6 Å². The standard InChI is InChI=1S/C73H104IN15O21S2/c1-38(90)65-60(98)33-46(34-64(102)103)71(109)89-24-6-10-53(89)59(97)31-42(7-4-22-82-72(78)79)68(106)87-52-37-112-111-36-51(84-63(101)35-75)57(95)30-44(70(108)88-65)15-20-62(100)81-21-3-2-9-49(55(93)32-45(66(77)104)25-39-11-16-47(91)17-12-39)85-69(107)43(14-19-61(76)99)29-56(94)50(27-40-13-18-54(92)48(74)26-40)86-67(105)41(28-58(52)96)8-5-23-83-73(80)110/h11-13,16-18,26,38,41-46,49-53,65,90-92H,2-10,14-15,19-25,27-37,75H2,1H3,(H2,76,99)(H2,77,104)(H,81,100)(H,84,101)(H,85,107)(H,86,105)(H,87,106)(H,88,108)(H,102,103)(H4,78,79,82)(H3,80,83,110)/t38-,41-,42-,43-,44-,45-,46+,49+,50+,51+,52+,53+,65+/m1/s1. The minimum Gasteiger partial charge on any atom is -0.508 e. The second-order valence-corrected chi connectivity index (χ2v) is 32.0. The van der Waals surface area contributed by atoms with Gasteiger partial charge in [-0.2, -0.15) is 0 Å². The number of carboxylic acids is 1. The highest BCUT2D eigenvalue weighted by Gasteiger charge is 2.43. The number of aliphatic imine (C=N–C) groups is 1. The number of carbonyl (C=O) groups is 17. The molecule has 0 aromatic heterocycles. The van der Waals surface area contributed by atoms with E-state index in [-0.39, 0.29) is 120 Å². The third-order valence-electron chi connectivity index (χ3n) is 19.6. The van der Waals surface area contributed by atoms with Gasteiger partial charge < -0.3 is 96.9 Å². The van der Waals surface area contributed by atoms with Crippen molar-refractivity contribution in [2.45, 2.75) is 191 Å². The summed E-state index contributed by atoms with van der Waals surface area (Å²) < 4.78 is 0.318. The molecule has 3 heterocycles. The number of benzene rings is 2. The minimum atomic E-state index is -1.88. The summed E-state index contributed by atoms with van der Waals surface area (Å²) in [4.78, 5) is 246. The number of phenols is 2. The summed E-state index contributed by atoms with van der Waals surface area (Å²) in [6.07, 6.45) is -9.56. The Bertz CT molecular complexity index is 3760. The number of aromatic hydroxyl groups is 2. The Kier molecular flexibility index (Phi) is 39.3. The number of urea groups is 1. The van der Waals surface area contributed by atoms with Crippen LogP contribution in [0.4, 0.5) is 4.79 Å². The molecular weight excluding hydrogens is 1610 g/mol. The maximum atomic E-state index is 15.4. The van der Waals surface area contributed by atoms with Gasteiger partial charge >= 0.3 is 12.0 Å². The average Bonchev–Trinajstić information content (AvgIpc) is 1.59. The summed E-state index contributed by atoms with van der Waals surface area (Å²) >= 11 is 1.84. The quantitative estimate of drug-likeness (QED) is 0.0195. The highest BCUT2D eigenvalue weighted by molar-refractivity contribution is 14.1. The summed E-state index contributed by atoms with van der Waals surface area (Å²) in [6, 6.07) is -0.263. The minimum absolute atomic E-state index is 0.0200. The molecule has 3 aliphatic rings. The molecule has 2 aromatic rings. The molecule has 616 valence electrons. The predicted octanol–water partition coefficient (Wildman–Crippen LogP) is -1.10. The third kappa shape index (κ3) is 32.0. The number of amides is 11. The molecule has 36 nitrogen and oxygen atoms in total. The fraction of sp³-hybridized carbons (Fsp3) is 0.589. The van der Waals surface area contributed by atoms with Crippen LogP contribution in [-0.4, -0.2) is 218 Å². The van der Waals surface area contributed by atoms with Crippen LogP contribution in [0.1, 0.15) is 146 Å². The van der Waals surface area contributed by atoms with Crippen molar-refractivity contribution in [3.63, 3.8) is 0 Å². The predicted molar refractivity (Wildman–Crippen MR) is 418 cm³/mol. The van der Waals surface area contributed by atoms with Crippen molar-refractivity contribution in [3.8, 4) is 11.5 Å². The zero-order valence-corrected chi connectivity index (χ0v) is 66.1. The molecule has 11 amide bonds. The molecule has 3 saturated heterocycles. The van der Waals surface area contributed by atoms with Crippen molar-refractivity contribution in [3.05, 3.63) is 57.2 Å². The van der Waals surface area contributed by atoms with Gasteiger partial charge in [-0.15, -0.1) is 0 Å². The van der Waals surface area contributed by atoms with Crippen molar-refractivity contribution in [1.82, 2.24) is 42.1 Å². The molecule has 13 atom stereocenters. The number of hydrogen-bond donors (Lipinski definition) is 17. The van der Waals surface area contributed by atoms with Gasteiger partial charge in [0.2, 0.25) is 53.2 Å². The van der Waals surface area contributed by atoms with Crippen molar-refractivity contribution in [2.24, 2.45) is 74.9 Å². The largest absolute Gasteiger partial charge is 0.508 e. The van der Waals surface area contributed by atoms with Crippen LogP contribution in [-0.2, 0) is 89.6 Å². The summed E-state index contributed by atoms with van der Waals surface area (Å²) in [5.74, 6) is -24.7. The number of carboxylic acid groups (broad SMARTS) is 1. The number of guanidine groups is 1. The van der Waals surface area contributed by atoms with Crippen LogP contribution in [0, 0.1) is 39.1 Å². The Morgan fingerprint density at radius 3 is 1.96 bits per heavy atom. The number of hydrogen-bond acceptors (Lipinski definition) is 24. The number of carbonyl (C=O) groups excluding carboxylic acids is 16. The molecule has 0 spiro atoms. The van der Waals surface area contributed by atoms with E-state index in [2.05, 4.69) is 42.2 Å². The summed E-state index contributed by atoms with van der Waals surface area (Å²) in [5, 5.41) is 60.1. The maximum Gasteiger partial charge on any atom is 0.312 e. The van der Waals surface area contributed by atoms with Gasteiger partial charge in [-0.3, -0.25) is 81.7 Å². The van der Waals surface area contributed by atoms with Crippen LogP contribution in [0.25, 0.3) is 0 Å². The summed E-state index contributed by atoms with van der Waals surface area (Å²) in [5.41, 5.74) is 34.7. The van der Waals surface area contributed by atoms with Crippen LogP contribution in [0.3, 0.4) is 0 Å². The smallest absolute Gasteiger partial charge is 0.312 e. The fourth-order valence-corrected chi connectivity index (χ4v) is 16.3. The number of Topliss-reactive ketones (excluding diaryl/α,β-unsaturated/α-hetero) is 6. The van der Waals surface area contributed by atoms with Gasteiger partial charge in [0.1, 0.15) is 17.5 Å². The number of nitrogens with zero attached hydrogens (tertiary/aromatic N) is 2. The van der Waals surface area contributed by atoms with Gasteiger partial charge in [0.25, 0.3) is 0 Å². The molecule has 112 heavy (non-hydrogen) atoms. The molecule has 5 rings (SSSR count). The van der Waals surface area contributed by atoms with Crippen LogP contribution in [0.15, 0.2) is 47.5 Å². The zero-order valence-electron chi connectivity index (χ0n) is 62.3. The van der Waals surface area contributed by atoms with Crippen molar-refractivity contribution < 1.29 is 102 Å². The van der Waals surface area contributed by atoms with Crippen molar-refractivity contribution in [2.75, 3.05) is 44.2 Å². The van der Waals surface area contributed by atoms with Crippen LogP contribution in [0.2, 0.25) is 0 Å². The molecule has 23 N–H and O–H groups in total. The van der Waals surface area contributed by atoms with Gasteiger partial charge in [-0.25, -0.2) is 4.79 Å². The van der Waals surface area contributed by atoms with E-state index < -0.39 is 261 Å². The number of aliphatic hydroxyl groups excluding tert-OH is 1. The molecular formula is C73H104IN15O21S2. The normalized spacial score (nSPS) is 24.6. The molecule has 2 aromatic carbocycles. The van der Waals surface area contributed by atoms with Crippen LogP contribution < -0.4 is 71.6 Å². The second kappa shape index (κ2) is 47.2. The van der Waals surface area contributed by atoms with Crippen LogP contribution >= 0.6 is 44.2 Å². The summed E-state index contributed by atoms with van der Waals surface area (Å²) in [6.45, 7) is 0.0149. The van der Waals surface area contributed by atoms with E-state index in [9.17, 15) is 82.8 Å². The van der Waals surface area contributed by atoms with Gasteiger partial charge in [0.05, 0.1) is 58.8 Å². The fourth-order valence-electron chi connectivity index (χ4n) is 13.4. The lowest BCUT2D eigenvalue weighted by Gasteiger charge is -2.30. The topological polar surface area (TPSA) is 627 Å². The third-order valence-corrected chi connectivity index (χ3v) is 22.8. The van der Waals surface area contributed by atoms with E-state index in [0.29, 0.717) is 14.7 Å². The number of rotatable bonds is 24. The Hall–Kier alpha value is -9.35. The molecule has 3 aliphatic heterocycles. The molecule has 0 unspecified atom stereocenters. The second-order valence-electron chi connectivity index (χ2n) is 28.3. The highest BCUT2D eigenvalue weighted by Crippen LogP contribution is 2.31. The Morgan fingerprint density at radius 1 is 0.688 bits per heavy atom. The number of fused-ring (bicyclic) bond motifs is 9. The van der Waals surface area contributed by atoms with E-state index in [1.165, 1.54) is 42.5 Å². The van der Waals surface area contributed by atoms with E-state index in [4.69, 9.17) is 34.4 Å². The Morgan fingerprint density at radius 2 is 1.32 bits per heavy atom. The van der Waals surface area contributed by atoms with Crippen LogP contribution in [0.5, 0.6) is 11.5 Å². The molecule has 0 saturated carbocycles. The van der Waals surface area contributed by atoms with Gasteiger partial charge in [-0.1, -0.05) is 39.8 Å². The lowest BCUT2D eigenvalue weighted by molar-refractivity contribution is -0.148. The number of halogens is 1. The molecule has 0 aliphatic carbocycles. The number of nitrogens with two attached hydrogens (primary N) is 6. The van der Waals surface area contributed by atoms with Gasteiger partial charge in [0, 0.05) is 119 Å². The first-order valence-corrected chi connectivity index (χ1v) is 40.6. The number of nitrogens with one attached hydrogen (secondary N) is 7. The first kappa shape index (κ1) is 93.3. The van der Waals surface area contributed by atoms with E-state index in [0.717, 1.165) is 33.4 Å². The molecule has 0 radical (unpaired) electrons. The number of aliphatic hydroxyl groups is 1. The number of phenolic OH excluding ortho intramolecular Hbond substituents is 2. The molecule has 3 fully saturated rings. The number of primary amides is 3.